The molecule has 0 aliphatic rings. The molecule has 1 heterocycles. The van der Waals surface area contributed by atoms with Gasteiger partial charge in [-0.3, -0.25) is 14.9 Å². The first-order chi connectivity index (χ1) is 10.1. The van der Waals surface area contributed by atoms with Crippen LogP contribution in [0.1, 0.15) is 10.5 Å². The van der Waals surface area contributed by atoms with Gasteiger partial charge in [-0.2, -0.15) is 0 Å². The van der Waals surface area contributed by atoms with Crippen LogP contribution in [0.15, 0.2) is 24.3 Å². The van der Waals surface area contributed by atoms with E-state index in [4.69, 9.17) is 5.11 Å². The fourth-order valence-electron chi connectivity index (χ4n) is 1.92. The number of aliphatic hydroxyl groups excluding tert-OH is 1. The molecule has 0 aliphatic carbocycles. The molecule has 0 saturated carbocycles. The van der Waals surface area contributed by atoms with Crippen LogP contribution in [0.25, 0.3) is 10.9 Å². The Hall–Kier alpha value is -2.45. The number of carbonyl (C=O) groups is 1. The maximum Gasteiger partial charge on any atom is 0.270 e. The van der Waals surface area contributed by atoms with Crippen molar-refractivity contribution in [3.63, 3.8) is 0 Å². The minimum absolute atomic E-state index is 0.0124. The highest BCUT2D eigenvalue weighted by Gasteiger charge is 2.12. The van der Waals surface area contributed by atoms with Crippen LogP contribution in [-0.2, 0) is 0 Å². The fraction of sp³-hybridized carbons (Fsp3) is 0.308. The van der Waals surface area contributed by atoms with Crippen LogP contribution in [0.2, 0.25) is 0 Å². The van der Waals surface area contributed by atoms with Crippen molar-refractivity contribution in [2.45, 2.75) is 0 Å². The Morgan fingerprint density at radius 3 is 2.81 bits per heavy atom. The maximum absolute atomic E-state index is 11.9. The maximum atomic E-state index is 11.9. The second-order valence-electron chi connectivity index (χ2n) is 4.44. The lowest BCUT2D eigenvalue weighted by atomic mass is 10.2. The van der Waals surface area contributed by atoms with Crippen LogP contribution in [0, 0.1) is 10.1 Å². The Bertz CT molecular complexity index is 653. The van der Waals surface area contributed by atoms with Gasteiger partial charge in [-0.15, -0.1) is 0 Å². The minimum Gasteiger partial charge on any atom is -0.395 e. The zero-order valence-electron chi connectivity index (χ0n) is 11.3. The Balaban J connectivity index is 2.01. The lowest BCUT2D eigenvalue weighted by molar-refractivity contribution is -0.384. The van der Waals surface area contributed by atoms with E-state index < -0.39 is 4.92 Å². The number of aromatic amines is 1. The fourth-order valence-corrected chi connectivity index (χ4v) is 1.92. The number of aromatic nitrogens is 1. The number of benzene rings is 1. The summed E-state index contributed by atoms with van der Waals surface area (Å²) in [5, 5.41) is 25.6. The van der Waals surface area contributed by atoms with E-state index in [9.17, 15) is 14.9 Å². The number of nitrogens with zero attached hydrogens (tertiary/aromatic N) is 1. The Labute approximate surface area is 120 Å². The predicted octanol–water partition coefficient (Wildman–Crippen LogP) is 0.388. The third-order valence-corrected chi connectivity index (χ3v) is 2.94. The lowest BCUT2D eigenvalue weighted by Gasteiger charge is -2.04. The summed E-state index contributed by atoms with van der Waals surface area (Å²) in [4.78, 5) is 25.1. The number of amides is 1. The van der Waals surface area contributed by atoms with Gasteiger partial charge in [-0.1, -0.05) is 0 Å². The van der Waals surface area contributed by atoms with E-state index in [-0.39, 0.29) is 18.2 Å². The molecule has 0 aliphatic heterocycles. The Morgan fingerprint density at radius 2 is 2.10 bits per heavy atom. The van der Waals surface area contributed by atoms with Crippen molar-refractivity contribution < 1.29 is 14.8 Å². The molecule has 1 aromatic carbocycles. The van der Waals surface area contributed by atoms with Crippen LogP contribution in [-0.4, -0.2) is 47.2 Å². The van der Waals surface area contributed by atoms with Crippen LogP contribution in [0.4, 0.5) is 5.69 Å². The van der Waals surface area contributed by atoms with Gasteiger partial charge in [0.15, 0.2) is 0 Å². The van der Waals surface area contributed by atoms with E-state index in [1.165, 1.54) is 12.1 Å². The number of nitro benzene ring substituents is 1. The molecule has 112 valence electrons. The van der Waals surface area contributed by atoms with E-state index in [1.807, 2.05) is 0 Å². The molecule has 1 aromatic heterocycles. The molecule has 4 N–H and O–H groups in total. The van der Waals surface area contributed by atoms with Gasteiger partial charge in [0, 0.05) is 42.7 Å². The highest BCUT2D eigenvalue weighted by molar-refractivity contribution is 5.98. The summed E-state index contributed by atoms with van der Waals surface area (Å²) < 4.78 is 0. The molecule has 21 heavy (non-hydrogen) atoms. The number of nitro groups is 1. The lowest BCUT2D eigenvalue weighted by Crippen LogP contribution is -2.33. The highest BCUT2D eigenvalue weighted by atomic mass is 16.6. The number of hydrogen-bond donors (Lipinski definition) is 4. The highest BCUT2D eigenvalue weighted by Crippen LogP contribution is 2.21. The summed E-state index contributed by atoms with van der Waals surface area (Å²) in [6.07, 6.45) is 0. The minimum atomic E-state index is -0.473. The second-order valence-corrected chi connectivity index (χ2v) is 4.44. The van der Waals surface area contributed by atoms with Gasteiger partial charge in [-0.05, 0) is 12.1 Å². The summed E-state index contributed by atoms with van der Waals surface area (Å²) in [5.41, 5.74) is 1.01. The molecule has 0 bridgehead atoms. The van der Waals surface area contributed by atoms with Crippen molar-refractivity contribution in [1.82, 2.24) is 15.6 Å². The molecule has 0 saturated heterocycles. The molecule has 1 amide bonds. The first-order valence-electron chi connectivity index (χ1n) is 6.49. The van der Waals surface area contributed by atoms with Gasteiger partial charge in [0.25, 0.3) is 11.6 Å². The molecule has 0 atom stereocenters. The molecule has 0 unspecified atom stereocenters. The normalized spacial score (nSPS) is 10.7. The van der Waals surface area contributed by atoms with Gasteiger partial charge in [0.05, 0.1) is 11.5 Å². The molecule has 8 heteroatoms. The van der Waals surface area contributed by atoms with E-state index in [2.05, 4.69) is 15.6 Å². The average molecular weight is 292 g/mol. The number of carbonyl (C=O) groups excluding carboxylic acids is 1. The topological polar surface area (TPSA) is 120 Å². The summed E-state index contributed by atoms with van der Waals surface area (Å²) >= 11 is 0. The number of fused-ring (bicyclic) bond motifs is 1. The van der Waals surface area contributed by atoms with Crippen LogP contribution < -0.4 is 10.6 Å². The molecule has 0 fully saturated rings. The number of H-pyrrole nitrogens is 1. The van der Waals surface area contributed by atoms with Crippen molar-refractivity contribution in [1.29, 1.82) is 0 Å². The van der Waals surface area contributed by atoms with Gasteiger partial charge in [0.2, 0.25) is 0 Å². The number of rotatable bonds is 7. The molecular weight excluding hydrogens is 276 g/mol. The van der Waals surface area contributed by atoms with Crippen LogP contribution >= 0.6 is 0 Å². The monoisotopic (exact) mass is 292 g/mol. The van der Waals surface area contributed by atoms with Crippen molar-refractivity contribution in [2.75, 3.05) is 26.2 Å². The second kappa shape index (κ2) is 6.82. The van der Waals surface area contributed by atoms with E-state index in [0.717, 1.165) is 0 Å². The number of nitrogens with one attached hydrogen (secondary N) is 3. The van der Waals surface area contributed by atoms with Crippen LogP contribution in [0.3, 0.4) is 0 Å². The summed E-state index contributed by atoms with van der Waals surface area (Å²) in [6.45, 7) is 1.51. The average Bonchev–Trinajstić information content (AvgIpc) is 2.89. The van der Waals surface area contributed by atoms with E-state index in [1.54, 1.807) is 12.1 Å². The molecular formula is C13H16N4O4. The first kappa shape index (κ1) is 14.9. The molecule has 0 radical (unpaired) electrons. The Morgan fingerprint density at radius 1 is 1.29 bits per heavy atom. The quantitative estimate of drug-likeness (QED) is 0.334. The van der Waals surface area contributed by atoms with Gasteiger partial charge >= 0.3 is 0 Å². The van der Waals surface area contributed by atoms with Crippen molar-refractivity contribution in [2.24, 2.45) is 0 Å². The number of aliphatic hydroxyl groups is 1. The third kappa shape index (κ3) is 3.77. The van der Waals surface area contributed by atoms with Crippen molar-refractivity contribution >= 4 is 22.5 Å². The molecule has 8 nitrogen and oxygen atoms in total. The van der Waals surface area contributed by atoms with E-state index >= 15 is 0 Å². The largest absolute Gasteiger partial charge is 0.395 e. The van der Waals surface area contributed by atoms with Gasteiger partial charge in [0.1, 0.15) is 5.69 Å². The van der Waals surface area contributed by atoms with Gasteiger partial charge in [-0.25, -0.2) is 0 Å². The third-order valence-electron chi connectivity index (χ3n) is 2.94. The first-order valence-corrected chi connectivity index (χ1v) is 6.49. The molecule has 2 aromatic rings. The standard InChI is InChI=1S/C13H16N4O4/c18-6-5-14-3-4-15-13(19)12-8-9-7-10(17(20)21)1-2-11(9)16-12/h1-2,7-8,14,16,18H,3-6H2,(H,15,19). The Kier molecular flexibility index (Phi) is 4.85. The smallest absolute Gasteiger partial charge is 0.270 e. The zero-order valence-corrected chi connectivity index (χ0v) is 11.3. The summed E-state index contributed by atoms with van der Waals surface area (Å²) in [7, 11) is 0. The molecule has 2 rings (SSSR count). The van der Waals surface area contributed by atoms with Gasteiger partial charge < -0.3 is 20.7 Å². The predicted molar refractivity (Wildman–Crippen MR) is 77.2 cm³/mol. The van der Waals surface area contributed by atoms with Crippen molar-refractivity contribution in [3.05, 3.63) is 40.1 Å². The zero-order chi connectivity index (χ0) is 15.2. The molecule has 0 spiro atoms. The number of hydrogen-bond acceptors (Lipinski definition) is 5. The van der Waals surface area contributed by atoms with Crippen molar-refractivity contribution in [3.8, 4) is 0 Å². The number of non-ortho nitro benzene ring substituents is 1. The SMILES string of the molecule is O=C(NCCNCCO)c1cc2cc([N+](=O)[O-])ccc2[nH]1. The summed E-state index contributed by atoms with van der Waals surface area (Å²) in [6, 6.07) is 5.97. The summed E-state index contributed by atoms with van der Waals surface area (Å²) in [5.74, 6) is -0.278. The van der Waals surface area contributed by atoms with E-state index in [0.29, 0.717) is 36.2 Å². The van der Waals surface area contributed by atoms with Crippen LogP contribution in [0.5, 0.6) is 0 Å².